The second kappa shape index (κ2) is 13.1. The van der Waals surface area contributed by atoms with Gasteiger partial charge in [-0.1, -0.05) is 68.1 Å². The molecule has 3 aromatic rings. The summed E-state index contributed by atoms with van der Waals surface area (Å²) in [4.78, 5) is 55.7. The first-order chi connectivity index (χ1) is 21.4. The molecule has 0 unspecified atom stereocenters. The van der Waals surface area contributed by atoms with E-state index in [4.69, 9.17) is 9.98 Å². The van der Waals surface area contributed by atoms with Gasteiger partial charge in [-0.05, 0) is 54.8 Å². The SMILES string of the molecule is CCc1ccc(NC(=O)[C@H](CC)SC2=Nc3ccccc3C3=N[C@H](CC(=O)N4CCN(c5ccccc5)CC4)C(=O)N23)cc1. The Kier molecular flexibility index (Phi) is 8.79. The number of hydrogen-bond acceptors (Lipinski definition) is 7. The number of para-hydroxylation sites is 2. The molecule has 0 bridgehead atoms. The highest BCUT2D eigenvalue weighted by Crippen LogP contribution is 2.36. The number of amides is 3. The van der Waals surface area contributed by atoms with Gasteiger partial charge in [-0.25, -0.2) is 9.89 Å². The number of amidine groups is 2. The van der Waals surface area contributed by atoms with Crippen LogP contribution in [-0.2, 0) is 20.8 Å². The zero-order valence-electron chi connectivity index (χ0n) is 25.0. The maximum absolute atomic E-state index is 13.8. The van der Waals surface area contributed by atoms with Gasteiger partial charge >= 0.3 is 0 Å². The Labute approximate surface area is 262 Å². The van der Waals surface area contributed by atoms with Crippen LogP contribution in [0.15, 0.2) is 88.8 Å². The zero-order chi connectivity index (χ0) is 30.6. The number of rotatable bonds is 8. The van der Waals surface area contributed by atoms with Crippen LogP contribution in [0.4, 0.5) is 17.1 Å². The third-order valence-corrected chi connectivity index (χ3v) is 9.53. The maximum atomic E-state index is 13.8. The number of nitrogens with zero attached hydrogens (tertiary/aromatic N) is 5. The van der Waals surface area contributed by atoms with Crippen LogP contribution in [0.1, 0.15) is 37.8 Å². The topological polar surface area (TPSA) is 97.7 Å². The van der Waals surface area contributed by atoms with Crippen molar-refractivity contribution >= 4 is 57.5 Å². The lowest BCUT2D eigenvalue weighted by Crippen LogP contribution is -2.50. The van der Waals surface area contributed by atoms with Crippen LogP contribution < -0.4 is 10.2 Å². The Morgan fingerprint density at radius 3 is 2.34 bits per heavy atom. The van der Waals surface area contributed by atoms with Crippen LogP contribution in [-0.4, -0.2) is 76.0 Å². The summed E-state index contributed by atoms with van der Waals surface area (Å²) in [6.07, 6.45) is 1.46. The molecule has 3 aliphatic heterocycles. The van der Waals surface area contributed by atoms with Crippen molar-refractivity contribution in [3.8, 4) is 0 Å². The molecule has 10 heteroatoms. The van der Waals surface area contributed by atoms with Crippen molar-refractivity contribution in [2.75, 3.05) is 36.4 Å². The standard InChI is InChI=1S/C34H36N6O3S/c1-3-23-14-16-24(17-15-23)35-32(42)29(4-2)44-34-37-27-13-9-8-12-26(27)31-36-28(33(43)40(31)34)22-30(41)39-20-18-38(19-21-39)25-10-6-5-7-11-25/h5-17,28-29H,3-4,18-22H2,1-2H3,(H,35,42)/t28-,29+/m1/s1. The fourth-order valence-corrected chi connectivity index (χ4v) is 6.68. The molecule has 3 aromatic carbocycles. The molecular weight excluding hydrogens is 572 g/mol. The summed E-state index contributed by atoms with van der Waals surface area (Å²) in [5.74, 6) is -0.0444. The molecule has 1 saturated heterocycles. The number of nitrogens with one attached hydrogen (secondary N) is 1. The number of fused-ring (bicyclic) bond motifs is 3. The van der Waals surface area contributed by atoms with Crippen LogP contribution in [0.5, 0.6) is 0 Å². The number of anilines is 2. The molecule has 0 aliphatic carbocycles. The number of hydrogen-bond donors (Lipinski definition) is 1. The number of carbonyl (C=O) groups is 3. The van der Waals surface area contributed by atoms with E-state index in [0.717, 1.165) is 36.4 Å². The first-order valence-electron chi connectivity index (χ1n) is 15.2. The van der Waals surface area contributed by atoms with E-state index >= 15 is 0 Å². The van der Waals surface area contributed by atoms with Gasteiger partial charge in [-0.2, -0.15) is 0 Å². The summed E-state index contributed by atoms with van der Waals surface area (Å²) in [5, 5.41) is 2.93. The van der Waals surface area contributed by atoms with Crippen LogP contribution in [0.25, 0.3) is 0 Å². The van der Waals surface area contributed by atoms with E-state index in [9.17, 15) is 14.4 Å². The smallest absolute Gasteiger partial charge is 0.259 e. The van der Waals surface area contributed by atoms with E-state index in [-0.39, 0.29) is 24.1 Å². The third-order valence-electron chi connectivity index (χ3n) is 8.21. The molecule has 6 rings (SSSR count). The molecule has 3 amide bonds. The number of aryl methyl sites for hydroxylation is 1. The Morgan fingerprint density at radius 1 is 0.932 bits per heavy atom. The van der Waals surface area contributed by atoms with Crippen LogP contribution in [0, 0.1) is 0 Å². The van der Waals surface area contributed by atoms with Crippen LogP contribution in [0.2, 0.25) is 0 Å². The van der Waals surface area contributed by atoms with Crippen molar-refractivity contribution < 1.29 is 14.4 Å². The summed E-state index contributed by atoms with van der Waals surface area (Å²) >= 11 is 1.25. The minimum Gasteiger partial charge on any atom is -0.368 e. The molecule has 0 spiro atoms. The molecule has 3 heterocycles. The number of thioether (sulfide) groups is 1. The lowest BCUT2D eigenvalue weighted by atomic mass is 10.1. The highest BCUT2D eigenvalue weighted by molar-refractivity contribution is 8.15. The molecule has 2 atom stereocenters. The molecule has 226 valence electrons. The van der Waals surface area contributed by atoms with Crippen molar-refractivity contribution in [3.63, 3.8) is 0 Å². The van der Waals surface area contributed by atoms with E-state index < -0.39 is 11.3 Å². The van der Waals surface area contributed by atoms with Crippen molar-refractivity contribution in [2.45, 2.75) is 44.4 Å². The first-order valence-corrected chi connectivity index (χ1v) is 16.1. The van der Waals surface area contributed by atoms with E-state index in [2.05, 4.69) is 29.3 Å². The average Bonchev–Trinajstić information content (AvgIpc) is 3.40. The fourth-order valence-electron chi connectivity index (χ4n) is 5.66. The molecule has 9 nitrogen and oxygen atoms in total. The van der Waals surface area contributed by atoms with Gasteiger partial charge < -0.3 is 15.1 Å². The molecule has 1 fully saturated rings. The maximum Gasteiger partial charge on any atom is 0.259 e. The lowest BCUT2D eigenvalue weighted by molar-refractivity contribution is -0.135. The number of aliphatic imine (C=N–C) groups is 2. The molecule has 1 N–H and O–H groups in total. The second-order valence-corrected chi connectivity index (χ2v) is 12.2. The minimum absolute atomic E-state index is 0.00423. The molecular formula is C34H36N6O3S. The van der Waals surface area contributed by atoms with Crippen molar-refractivity contribution in [1.82, 2.24) is 9.80 Å². The predicted octanol–water partition coefficient (Wildman–Crippen LogP) is 5.10. The molecule has 0 saturated carbocycles. The van der Waals surface area contributed by atoms with Gasteiger partial charge in [-0.3, -0.25) is 19.4 Å². The summed E-state index contributed by atoms with van der Waals surface area (Å²) in [7, 11) is 0. The molecule has 44 heavy (non-hydrogen) atoms. The van der Waals surface area contributed by atoms with Gasteiger partial charge in [0.1, 0.15) is 11.9 Å². The fraction of sp³-hybridized carbons (Fsp3) is 0.324. The normalized spacial score (nSPS) is 18.3. The van der Waals surface area contributed by atoms with Crippen LogP contribution >= 0.6 is 11.8 Å². The molecule has 0 aromatic heterocycles. The summed E-state index contributed by atoms with van der Waals surface area (Å²) in [5.41, 5.74) is 4.49. The van der Waals surface area contributed by atoms with Gasteiger partial charge in [-0.15, -0.1) is 0 Å². The van der Waals surface area contributed by atoms with Gasteiger partial charge in [0, 0.05) is 43.1 Å². The van der Waals surface area contributed by atoms with Gasteiger partial charge in [0.25, 0.3) is 5.91 Å². The summed E-state index contributed by atoms with van der Waals surface area (Å²) in [6, 6.07) is 24.7. The predicted molar refractivity (Wildman–Crippen MR) is 177 cm³/mol. The Balaban J connectivity index is 1.16. The minimum atomic E-state index is -0.840. The summed E-state index contributed by atoms with van der Waals surface area (Å²) in [6.45, 7) is 6.68. The Bertz CT molecular complexity index is 1600. The van der Waals surface area contributed by atoms with Gasteiger partial charge in [0.15, 0.2) is 5.17 Å². The summed E-state index contributed by atoms with van der Waals surface area (Å²) < 4.78 is 0. The van der Waals surface area contributed by atoms with E-state index in [0.29, 0.717) is 36.2 Å². The van der Waals surface area contributed by atoms with E-state index in [1.165, 1.54) is 22.2 Å². The number of piperazine rings is 1. The van der Waals surface area contributed by atoms with E-state index in [1.54, 1.807) is 0 Å². The largest absolute Gasteiger partial charge is 0.368 e. The van der Waals surface area contributed by atoms with Gasteiger partial charge in [0.05, 0.1) is 17.4 Å². The number of benzene rings is 3. The quantitative estimate of drug-likeness (QED) is 0.384. The van der Waals surface area contributed by atoms with Crippen LogP contribution in [0.3, 0.4) is 0 Å². The van der Waals surface area contributed by atoms with Crippen molar-refractivity contribution in [1.29, 1.82) is 0 Å². The van der Waals surface area contributed by atoms with Gasteiger partial charge in [0.2, 0.25) is 11.8 Å². The van der Waals surface area contributed by atoms with E-state index in [1.807, 2.05) is 78.6 Å². The molecule has 0 radical (unpaired) electrons. The second-order valence-electron chi connectivity index (χ2n) is 11.0. The average molecular weight is 609 g/mol. The highest BCUT2D eigenvalue weighted by atomic mass is 32.2. The monoisotopic (exact) mass is 608 g/mol. The Morgan fingerprint density at radius 2 is 1.64 bits per heavy atom. The van der Waals surface area contributed by atoms with Crippen molar-refractivity contribution in [2.24, 2.45) is 9.98 Å². The molecule has 3 aliphatic rings. The Hall–Kier alpha value is -4.44. The number of carbonyl (C=O) groups excluding carboxylic acids is 3. The third kappa shape index (κ3) is 6.12. The lowest BCUT2D eigenvalue weighted by Gasteiger charge is -2.36. The zero-order valence-corrected chi connectivity index (χ0v) is 25.8. The highest BCUT2D eigenvalue weighted by Gasteiger charge is 2.43. The van der Waals surface area contributed by atoms with Crippen molar-refractivity contribution in [3.05, 3.63) is 90.0 Å². The first kappa shape index (κ1) is 29.6.